The number of carbonyl (C=O) groups is 3. The quantitative estimate of drug-likeness (QED) is 0.631. The van der Waals surface area contributed by atoms with Crippen molar-refractivity contribution in [3.05, 3.63) is 59.2 Å². The van der Waals surface area contributed by atoms with E-state index in [4.69, 9.17) is 9.47 Å². The summed E-state index contributed by atoms with van der Waals surface area (Å²) in [6.07, 6.45) is 1.32. The van der Waals surface area contributed by atoms with E-state index in [9.17, 15) is 19.5 Å². The molecule has 152 valence electrons. The Hall–Kier alpha value is -3.35. The molecule has 7 nitrogen and oxygen atoms in total. The van der Waals surface area contributed by atoms with E-state index in [-0.39, 0.29) is 18.6 Å². The molecule has 2 N–H and O–H groups in total. The maximum atomic E-state index is 12.2. The van der Waals surface area contributed by atoms with Gasteiger partial charge >= 0.3 is 5.97 Å². The Labute approximate surface area is 168 Å². The first-order chi connectivity index (χ1) is 14.0. The van der Waals surface area contributed by atoms with Gasteiger partial charge in [-0.1, -0.05) is 6.07 Å². The number of nitrogens with one attached hydrogen (secondary N) is 1. The highest BCUT2D eigenvalue weighted by atomic mass is 16.5. The standard InChI is InChI=1S/C22H23NO6/c1-28-17-8-5-14(6-9-17)18(24)3-2-4-20(25)23-21(22(26)27)16-7-10-19-15(13-16)11-12-29-19/h5-10,13,21H,2-4,11-12H2,1H3,(H,23,25)(H,26,27). The van der Waals surface area contributed by atoms with E-state index in [0.29, 0.717) is 29.9 Å². The third-order valence-electron chi connectivity index (χ3n) is 4.82. The summed E-state index contributed by atoms with van der Waals surface area (Å²) in [4.78, 5) is 36.1. The number of hydrogen-bond acceptors (Lipinski definition) is 5. The normalized spacial score (nSPS) is 13.1. The second kappa shape index (κ2) is 9.23. The van der Waals surface area contributed by atoms with Crippen LogP contribution in [-0.4, -0.2) is 36.5 Å². The average molecular weight is 397 g/mol. The maximum absolute atomic E-state index is 12.2. The Bertz CT molecular complexity index is 906. The van der Waals surface area contributed by atoms with Gasteiger partial charge in [-0.3, -0.25) is 9.59 Å². The van der Waals surface area contributed by atoms with Gasteiger partial charge in [0.25, 0.3) is 0 Å². The number of carbonyl (C=O) groups excluding carboxylic acids is 2. The second-order valence-corrected chi connectivity index (χ2v) is 6.81. The molecule has 0 aliphatic carbocycles. The summed E-state index contributed by atoms with van der Waals surface area (Å²) in [5.41, 5.74) is 1.99. The SMILES string of the molecule is COc1ccc(C(=O)CCCC(=O)NC(C(=O)O)c2ccc3c(c2)CCO3)cc1. The first-order valence-corrected chi connectivity index (χ1v) is 9.43. The molecule has 0 spiro atoms. The molecule has 1 atom stereocenters. The van der Waals surface area contributed by atoms with E-state index >= 15 is 0 Å². The molecule has 3 rings (SSSR count). The highest BCUT2D eigenvalue weighted by molar-refractivity contribution is 5.96. The summed E-state index contributed by atoms with van der Waals surface area (Å²) in [6, 6.07) is 10.8. The lowest BCUT2D eigenvalue weighted by molar-refractivity contribution is -0.142. The summed E-state index contributed by atoms with van der Waals surface area (Å²) >= 11 is 0. The summed E-state index contributed by atoms with van der Waals surface area (Å²) in [7, 11) is 1.55. The Morgan fingerprint density at radius 3 is 2.59 bits per heavy atom. The van der Waals surface area contributed by atoms with Gasteiger partial charge in [-0.15, -0.1) is 0 Å². The molecule has 2 aromatic carbocycles. The third-order valence-corrected chi connectivity index (χ3v) is 4.82. The number of amides is 1. The van der Waals surface area contributed by atoms with Gasteiger partial charge in [-0.25, -0.2) is 4.79 Å². The largest absolute Gasteiger partial charge is 0.497 e. The molecule has 1 heterocycles. The molecule has 29 heavy (non-hydrogen) atoms. The highest BCUT2D eigenvalue weighted by Gasteiger charge is 2.24. The Kier molecular flexibility index (Phi) is 6.49. The van der Waals surface area contributed by atoms with E-state index in [1.54, 1.807) is 49.6 Å². The van der Waals surface area contributed by atoms with Gasteiger partial charge in [0.2, 0.25) is 5.91 Å². The van der Waals surface area contributed by atoms with Crippen LogP contribution in [-0.2, 0) is 16.0 Å². The summed E-state index contributed by atoms with van der Waals surface area (Å²) in [5.74, 6) is -0.197. The Morgan fingerprint density at radius 2 is 1.90 bits per heavy atom. The van der Waals surface area contributed by atoms with Crippen molar-refractivity contribution in [2.45, 2.75) is 31.7 Å². The molecular formula is C22H23NO6. The van der Waals surface area contributed by atoms with E-state index in [0.717, 1.165) is 17.7 Å². The van der Waals surface area contributed by atoms with Crippen molar-refractivity contribution >= 4 is 17.7 Å². The van der Waals surface area contributed by atoms with Crippen molar-refractivity contribution in [2.24, 2.45) is 0 Å². The fraction of sp³-hybridized carbons (Fsp3) is 0.318. The van der Waals surface area contributed by atoms with Crippen molar-refractivity contribution in [3.8, 4) is 11.5 Å². The number of aliphatic carboxylic acids is 1. The zero-order valence-electron chi connectivity index (χ0n) is 16.1. The average Bonchev–Trinajstić information content (AvgIpc) is 3.19. The number of ketones is 1. The second-order valence-electron chi connectivity index (χ2n) is 6.81. The minimum Gasteiger partial charge on any atom is -0.497 e. The number of carboxylic acid groups (broad SMARTS) is 1. The van der Waals surface area contributed by atoms with Gasteiger partial charge in [0.15, 0.2) is 11.8 Å². The number of fused-ring (bicyclic) bond motifs is 1. The first kappa shape index (κ1) is 20.4. The molecule has 0 radical (unpaired) electrons. The van der Waals surface area contributed by atoms with E-state index in [2.05, 4.69) is 5.32 Å². The third kappa shape index (κ3) is 5.13. The van der Waals surface area contributed by atoms with Crippen LogP contribution in [0, 0.1) is 0 Å². The van der Waals surface area contributed by atoms with E-state index < -0.39 is 17.9 Å². The van der Waals surface area contributed by atoms with Gasteiger partial charge in [0, 0.05) is 24.8 Å². The Balaban J connectivity index is 1.52. The van der Waals surface area contributed by atoms with E-state index in [1.165, 1.54) is 0 Å². The zero-order chi connectivity index (χ0) is 20.8. The molecule has 0 bridgehead atoms. The Morgan fingerprint density at radius 1 is 1.14 bits per heavy atom. The van der Waals surface area contributed by atoms with Crippen LogP contribution in [0.4, 0.5) is 0 Å². The van der Waals surface area contributed by atoms with Crippen LogP contribution in [0.25, 0.3) is 0 Å². The molecule has 1 aliphatic rings. The van der Waals surface area contributed by atoms with Gasteiger partial charge < -0.3 is 19.9 Å². The van der Waals surface area contributed by atoms with Crippen LogP contribution in [0.3, 0.4) is 0 Å². The minimum absolute atomic E-state index is 0.0692. The fourth-order valence-electron chi connectivity index (χ4n) is 3.24. The van der Waals surface area contributed by atoms with Crippen LogP contribution >= 0.6 is 0 Å². The summed E-state index contributed by atoms with van der Waals surface area (Å²) in [6.45, 7) is 0.575. The van der Waals surface area contributed by atoms with Gasteiger partial charge in [0.1, 0.15) is 11.5 Å². The number of Topliss-reactive ketones (excluding diaryl/α,β-unsaturated/α-hetero) is 1. The van der Waals surface area contributed by atoms with Crippen molar-refractivity contribution < 1.29 is 29.0 Å². The predicted octanol–water partition coefficient (Wildman–Crippen LogP) is 2.93. The van der Waals surface area contributed by atoms with Crippen LogP contribution in [0.2, 0.25) is 0 Å². The van der Waals surface area contributed by atoms with Gasteiger partial charge in [-0.2, -0.15) is 0 Å². The van der Waals surface area contributed by atoms with Crippen LogP contribution in [0.5, 0.6) is 11.5 Å². The molecule has 0 saturated carbocycles. The number of rotatable bonds is 9. The highest BCUT2D eigenvalue weighted by Crippen LogP contribution is 2.28. The van der Waals surface area contributed by atoms with Crippen molar-refractivity contribution in [3.63, 3.8) is 0 Å². The number of hydrogen-bond donors (Lipinski definition) is 2. The zero-order valence-corrected chi connectivity index (χ0v) is 16.1. The van der Waals surface area contributed by atoms with Crippen molar-refractivity contribution in [1.29, 1.82) is 0 Å². The summed E-state index contributed by atoms with van der Waals surface area (Å²) in [5, 5.41) is 12.1. The summed E-state index contributed by atoms with van der Waals surface area (Å²) < 4.78 is 10.5. The van der Waals surface area contributed by atoms with Crippen molar-refractivity contribution in [1.82, 2.24) is 5.32 Å². The van der Waals surface area contributed by atoms with Gasteiger partial charge in [-0.05, 0) is 53.9 Å². The monoisotopic (exact) mass is 397 g/mol. The molecule has 1 unspecified atom stereocenters. The van der Waals surface area contributed by atoms with Crippen molar-refractivity contribution in [2.75, 3.05) is 13.7 Å². The molecule has 1 amide bonds. The lowest BCUT2D eigenvalue weighted by Gasteiger charge is -2.16. The molecule has 2 aromatic rings. The lowest BCUT2D eigenvalue weighted by Crippen LogP contribution is -2.33. The molecular weight excluding hydrogens is 374 g/mol. The first-order valence-electron chi connectivity index (χ1n) is 9.43. The number of methoxy groups -OCH3 is 1. The topological polar surface area (TPSA) is 102 Å². The lowest BCUT2D eigenvalue weighted by atomic mass is 10.0. The molecule has 0 saturated heterocycles. The predicted molar refractivity (Wildman–Crippen MR) is 105 cm³/mol. The minimum atomic E-state index is -1.13. The fourth-order valence-corrected chi connectivity index (χ4v) is 3.24. The maximum Gasteiger partial charge on any atom is 0.330 e. The molecule has 0 fully saturated rings. The molecule has 1 aliphatic heterocycles. The van der Waals surface area contributed by atoms with Crippen LogP contribution in [0.15, 0.2) is 42.5 Å². The molecule has 7 heteroatoms. The number of benzene rings is 2. The van der Waals surface area contributed by atoms with Crippen LogP contribution in [0.1, 0.15) is 46.8 Å². The molecule has 0 aromatic heterocycles. The number of carboxylic acids is 1. The number of ether oxygens (including phenoxy) is 2. The van der Waals surface area contributed by atoms with Gasteiger partial charge in [0.05, 0.1) is 13.7 Å². The smallest absolute Gasteiger partial charge is 0.330 e. The van der Waals surface area contributed by atoms with Crippen LogP contribution < -0.4 is 14.8 Å². The van der Waals surface area contributed by atoms with E-state index in [1.807, 2.05) is 0 Å².